The van der Waals surface area contributed by atoms with Gasteiger partial charge in [0.15, 0.2) is 0 Å². The number of para-hydroxylation sites is 4. The average Bonchev–Trinajstić information content (AvgIpc) is 3.99. The molecule has 0 unspecified atom stereocenters. The van der Waals surface area contributed by atoms with Crippen LogP contribution in [0.1, 0.15) is 40.0 Å². The van der Waals surface area contributed by atoms with Gasteiger partial charge in [0.05, 0.1) is 30.4 Å². The fourth-order valence-electron chi connectivity index (χ4n) is 8.23. The molecule has 4 heterocycles. The van der Waals surface area contributed by atoms with Crippen molar-refractivity contribution in [2.75, 3.05) is 0 Å². The Hall–Kier alpha value is -7.08. The van der Waals surface area contributed by atoms with Gasteiger partial charge in [-0.05, 0) is 73.5 Å². The molecule has 0 aliphatic carbocycles. The minimum atomic E-state index is -0.587. The number of imidazole rings is 2. The van der Waals surface area contributed by atoms with Crippen LogP contribution in [0, 0.1) is 18.5 Å². The van der Waals surface area contributed by atoms with Crippen LogP contribution in [0.3, 0.4) is 0 Å². The third-order valence-corrected chi connectivity index (χ3v) is 11.2. The zero-order chi connectivity index (χ0) is 50.1. The van der Waals surface area contributed by atoms with Crippen molar-refractivity contribution in [2.24, 2.45) is 7.05 Å². The van der Waals surface area contributed by atoms with E-state index in [2.05, 4.69) is 49.9 Å². The molecule has 0 saturated carbocycles. The molecule has 11 rings (SSSR count). The summed E-state index contributed by atoms with van der Waals surface area (Å²) in [5.74, 6) is 0.712. The molecule has 304 valence electrons. The number of hydrogen-bond donors (Lipinski definition) is 0. The van der Waals surface area contributed by atoms with Gasteiger partial charge >= 0.3 is 5.69 Å². The topological polar surface area (TPSA) is 53.6 Å². The van der Waals surface area contributed by atoms with E-state index >= 15 is 0 Å². The Morgan fingerprint density at radius 1 is 0.645 bits per heavy atom. The van der Waals surface area contributed by atoms with Gasteiger partial charge in [0.1, 0.15) is 5.82 Å². The number of benzene rings is 7. The number of fused-ring (bicyclic) bond motifs is 5. The van der Waals surface area contributed by atoms with Crippen molar-refractivity contribution in [3.05, 3.63) is 204 Å². The maximum Gasteiger partial charge on any atom is 0.318 e. The van der Waals surface area contributed by atoms with E-state index in [4.69, 9.17) is 18.7 Å². The first kappa shape index (κ1) is 29.2. The maximum absolute atomic E-state index is 14.5. The standard InChI is InChI=1S/C54H40N6O.Pt/c1-54(2,3)38-29-30-55-51(31-38)60-45-26-12-11-23-43(45)44-33-49-50(34-48(44)60)59(53(61)56(49)4)40-22-15-21-39(32-40)57-35-58(47-28-14-13-27-46(47)57)52-41(36-17-7-5-8-18-36)24-16-25-42(52)37-19-9-6-10-20-37;/h5-31,33H,1-4H3;/q-2;/i5D,6D,7D,8D,9D,10D,17D,18D,19D,20D;. The Kier molecular flexibility index (Phi) is 7.13. The first-order chi connectivity index (χ1) is 33.9. The molecule has 0 amide bonds. The zero-order valence-electron chi connectivity index (χ0n) is 43.8. The van der Waals surface area contributed by atoms with Crippen molar-refractivity contribution in [2.45, 2.75) is 26.2 Å². The molecule has 0 radical (unpaired) electrons. The van der Waals surface area contributed by atoms with E-state index in [0.29, 0.717) is 39.3 Å². The number of aryl methyl sites for hydroxylation is 1. The zero-order valence-corrected chi connectivity index (χ0v) is 36.1. The average molecular weight is 994 g/mol. The Bertz CT molecular complexity index is 4020. The smallest absolute Gasteiger partial charge is 0.318 e. The summed E-state index contributed by atoms with van der Waals surface area (Å²) in [5.41, 5.74) is 5.36. The van der Waals surface area contributed by atoms with Crippen LogP contribution in [0.25, 0.3) is 89.0 Å². The third-order valence-electron chi connectivity index (χ3n) is 11.2. The predicted octanol–water partition coefficient (Wildman–Crippen LogP) is 11.1. The van der Waals surface area contributed by atoms with E-state index in [0.717, 1.165) is 27.4 Å². The van der Waals surface area contributed by atoms with Gasteiger partial charge < -0.3 is 18.3 Å². The number of hydrogen-bond acceptors (Lipinski definition) is 2. The van der Waals surface area contributed by atoms with Crippen LogP contribution < -0.4 is 10.3 Å². The fourth-order valence-corrected chi connectivity index (χ4v) is 8.23. The van der Waals surface area contributed by atoms with Crippen LogP contribution in [0.5, 0.6) is 0 Å². The summed E-state index contributed by atoms with van der Waals surface area (Å²) in [4.78, 5) is 19.3. The van der Waals surface area contributed by atoms with Crippen LogP contribution in [-0.4, -0.2) is 23.3 Å². The molecule has 0 aliphatic rings. The summed E-state index contributed by atoms with van der Waals surface area (Å²) in [7, 11) is 1.72. The predicted molar refractivity (Wildman–Crippen MR) is 245 cm³/mol. The summed E-state index contributed by atoms with van der Waals surface area (Å²) >= 11 is 0. The largest absolute Gasteiger partial charge is 0.348 e. The maximum atomic E-state index is 14.5. The molecule has 0 atom stereocenters. The molecule has 0 fully saturated rings. The number of rotatable bonds is 6. The van der Waals surface area contributed by atoms with Gasteiger partial charge in [-0.15, -0.1) is 18.2 Å². The monoisotopic (exact) mass is 993 g/mol. The summed E-state index contributed by atoms with van der Waals surface area (Å²) in [5, 5.41) is 1.87. The van der Waals surface area contributed by atoms with Gasteiger partial charge in [-0.25, -0.2) is 9.78 Å². The van der Waals surface area contributed by atoms with Crippen molar-refractivity contribution in [3.8, 4) is 45.1 Å². The Labute approximate surface area is 387 Å². The molecular weight excluding hydrogens is 944 g/mol. The van der Waals surface area contributed by atoms with Crippen LogP contribution >= 0.6 is 0 Å². The van der Waals surface area contributed by atoms with E-state index in [-0.39, 0.29) is 60.1 Å². The van der Waals surface area contributed by atoms with Gasteiger partial charge in [-0.2, -0.15) is 18.2 Å². The summed E-state index contributed by atoms with van der Waals surface area (Å²) in [6.07, 6.45) is 5.21. The normalized spacial score (nSPS) is 14.1. The minimum absolute atomic E-state index is 0. The van der Waals surface area contributed by atoms with Gasteiger partial charge in [-0.1, -0.05) is 158 Å². The third kappa shape index (κ3) is 6.26. The van der Waals surface area contributed by atoms with E-state index in [1.807, 2.05) is 54.7 Å². The van der Waals surface area contributed by atoms with Crippen molar-refractivity contribution in [3.63, 3.8) is 0 Å². The van der Waals surface area contributed by atoms with E-state index in [1.54, 1.807) is 73.8 Å². The molecule has 8 heteroatoms. The quantitative estimate of drug-likeness (QED) is 0.123. The minimum Gasteiger partial charge on any atom is -0.348 e. The van der Waals surface area contributed by atoms with Crippen molar-refractivity contribution < 1.29 is 39.3 Å². The van der Waals surface area contributed by atoms with E-state index < -0.39 is 60.4 Å². The second kappa shape index (κ2) is 15.1. The molecule has 7 nitrogen and oxygen atoms in total. The first-order valence-corrected chi connectivity index (χ1v) is 19.7. The SMILES string of the molecule is [2H]c1c([2H])c([2H])c(-c2cccc(-c3c([2H])c([2H])c([2H])c([2H])c3[2H])c2-[n+]2[c-]n(-c3[c-]c(-n4c(=O)n(C)c5cc6c7ccccc7n(-c7cc(C(C)(C)C)ccn7)c6[c-]c54)ccc3)c3ccccc32)c([2H])c1[2H].[Pt]. The Morgan fingerprint density at radius 3 is 2.00 bits per heavy atom. The summed E-state index contributed by atoms with van der Waals surface area (Å²) < 4.78 is 95.6. The number of pyridine rings is 1. The Balaban J connectivity index is 0.00000596. The van der Waals surface area contributed by atoms with Crippen molar-refractivity contribution >= 4 is 43.9 Å². The number of aromatic nitrogens is 6. The summed E-state index contributed by atoms with van der Waals surface area (Å²) in [6.45, 7) is 6.46. The van der Waals surface area contributed by atoms with Gasteiger partial charge in [0.2, 0.25) is 0 Å². The molecule has 0 saturated heterocycles. The molecular formula is C54H40N6OPt-2. The molecule has 4 aromatic heterocycles. The van der Waals surface area contributed by atoms with E-state index in [9.17, 15) is 4.79 Å². The molecule has 0 bridgehead atoms. The fraction of sp³-hybridized carbons (Fsp3) is 0.0926. The molecule has 11 aromatic rings. The summed E-state index contributed by atoms with van der Waals surface area (Å²) in [6, 6.07) is 33.1. The van der Waals surface area contributed by atoms with Gasteiger partial charge in [0, 0.05) is 39.8 Å². The second-order valence-electron chi connectivity index (χ2n) is 15.8. The molecule has 7 aromatic carbocycles. The number of nitrogens with zero attached hydrogens (tertiary/aromatic N) is 6. The van der Waals surface area contributed by atoms with Gasteiger partial charge in [-0.3, -0.25) is 4.57 Å². The first-order valence-electron chi connectivity index (χ1n) is 24.7. The molecule has 0 N–H and O–H groups in total. The van der Waals surface area contributed by atoms with Crippen LogP contribution in [-0.2, 0) is 33.5 Å². The second-order valence-corrected chi connectivity index (χ2v) is 15.8. The van der Waals surface area contributed by atoms with Crippen LogP contribution in [0.4, 0.5) is 0 Å². The van der Waals surface area contributed by atoms with Crippen molar-refractivity contribution in [1.29, 1.82) is 0 Å². The van der Waals surface area contributed by atoms with Crippen LogP contribution in [0.15, 0.2) is 175 Å². The Morgan fingerprint density at radius 2 is 1.29 bits per heavy atom. The van der Waals surface area contributed by atoms with Gasteiger partial charge in [0.25, 0.3) is 6.33 Å². The van der Waals surface area contributed by atoms with Crippen LogP contribution in [0.2, 0.25) is 0 Å². The molecule has 62 heavy (non-hydrogen) atoms. The molecule has 0 aliphatic heterocycles. The molecule has 0 spiro atoms. The van der Waals surface area contributed by atoms with Crippen molar-refractivity contribution in [1.82, 2.24) is 23.3 Å². The van der Waals surface area contributed by atoms with E-state index in [1.165, 1.54) is 0 Å².